The van der Waals surface area contributed by atoms with E-state index in [9.17, 15) is 0 Å². The molecular weight excluding hydrogens is 431 g/mol. The molecule has 3 N–H and O–H groups in total. The summed E-state index contributed by atoms with van der Waals surface area (Å²) in [4.78, 5) is 6.86. The van der Waals surface area contributed by atoms with Gasteiger partial charge < -0.3 is 25.4 Å². The van der Waals surface area contributed by atoms with Crippen molar-refractivity contribution in [3.8, 4) is 5.75 Å². The highest BCUT2D eigenvalue weighted by Gasteiger charge is 2.22. The van der Waals surface area contributed by atoms with E-state index in [4.69, 9.17) is 15.2 Å². The number of guanidine groups is 1. The maximum atomic E-state index is 5.92. The topological polar surface area (TPSA) is 72.1 Å². The minimum atomic E-state index is 0. The van der Waals surface area contributed by atoms with Crippen molar-refractivity contribution >= 4 is 35.6 Å². The van der Waals surface area contributed by atoms with Gasteiger partial charge in [0, 0.05) is 51.1 Å². The normalized spacial score (nSPS) is 17.3. The predicted molar refractivity (Wildman–Crippen MR) is 114 cm³/mol. The third kappa shape index (κ3) is 7.68. The lowest BCUT2D eigenvalue weighted by atomic mass is 10.1. The van der Waals surface area contributed by atoms with Crippen LogP contribution in [0.3, 0.4) is 0 Å². The second-order valence-electron chi connectivity index (χ2n) is 6.01. The van der Waals surface area contributed by atoms with Crippen LogP contribution in [-0.2, 0) is 4.74 Å². The summed E-state index contributed by atoms with van der Waals surface area (Å²) in [6.45, 7) is 7.15. The molecule has 1 aromatic carbocycles. The highest BCUT2D eigenvalue weighted by atomic mass is 127. The van der Waals surface area contributed by atoms with Gasteiger partial charge in [0.25, 0.3) is 0 Å². The van der Waals surface area contributed by atoms with Gasteiger partial charge in [-0.1, -0.05) is 6.07 Å². The van der Waals surface area contributed by atoms with E-state index in [0.717, 1.165) is 58.0 Å². The molecule has 0 aromatic heterocycles. The van der Waals surface area contributed by atoms with E-state index in [0.29, 0.717) is 11.9 Å². The molecule has 1 aliphatic heterocycles. The van der Waals surface area contributed by atoms with Gasteiger partial charge in [-0.3, -0.25) is 4.99 Å². The molecule has 0 aliphatic carbocycles. The number of rotatable bonds is 9. The Kier molecular flexibility index (Phi) is 10.6. The van der Waals surface area contributed by atoms with E-state index in [1.54, 1.807) is 7.11 Å². The molecule has 1 saturated heterocycles. The van der Waals surface area contributed by atoms with Crippen LogP contribution in [0.1, 0.15) is 19.8 Å². The summed E-state index contributed by atoms with van der Waals surface area (Å²) in [5.41, 5.74) is 7.13. The summed E-state index contributed by atoms with van der Waals surface area (Å²) in [6.07, 6.45) is 2.08. The number of nitrogens with one attached hydrogen (secondary N) is 1. The fraction of sp³-hybridized carbons (Fsp3) is 0.611. The standard InChI is InChI=1S/C18H30N4O2.HI/c1-3-24-11-5-9-20-18(19)21-13-15-8-10-22(14-15)16-6-4-7-17(12-16)23-2;/h4,6-7,12,15H,3,5,8-11,13-14H2,1-2H3,(H3,19,20,21);1H. The maximum absolute atomic E-state index is 5.92. The Morgan fingerprint density at radius 2 is 2.28 bits per heavy atom. The zero-order valence-electron chi connectivity index (χ0n) is 15.2. The van der Waals surface area contributed by atoms with E-state index >= 15 is 0 Å². The van der Waals surface area contributed by atoms with Crippen LogP contribution in [0, 0.1) is 5.92 Å². The molecule has 6 nitrogen and oxygen atoms in total. The lowest BCUT2D eigenvalue weighted by Crippen LogP contribution is -2.33. The van der Waals surface area contributed by atoms with E-state index in [1.807, 2.05) is 19.1 Å². The fourth-order valence-corrected chi connectivity index (χ4v) is 2.84. The van der Waals surface area contributed by atoms with Gasteiger partial charge in [0.1, 0.15) is 5.75 Å². The highest BCUT2D eigenvalue weighted by molar-refractivity contribution is 14.0. The van der Waals surface area contributed by atoms with Crippen molar-refractivity contribution in [1.82, 2.24) is 5.32 Å². The lowest BCUT2D eigenvalue weighted by molar-refractivity contribution is 0.145. The first-order valence-electron chi connectivity index (χ1n) is 8.73. The monoisotopic (exact) mass is 462 g/mol. The van der Waals surface area contributed by atoms with Gasteiger partial charge in [0.05, 0.1) is 7.11 Å². The zero-order valence-corrected chi connectivity index (χ0v) is 17.6. The van der Waals surface area contributed by atoms with Crippen molar-refractivity contribution in [2.45, 2.75) is 19.8 Å². The molecule has 1 aliphatic rings. The number of nitrogens with zero attached hydrogens (tertiary/aromatic N) is 2. The van der Waals surface area contributed by atoms with Gasteiger partial charge in [0.2, 0.25) is 0 Å². The number of nitrogens with two attached hydrogens (primary N) is 1. The molecular formula is C18H31IN4O2. The van der Waals surface area contributed by atoms with Crippen molar-refractivity contribution in [2.24, 2.45) is 16.6 Å². The summed E-state index contributed by atoms with van der Waals surface area (Å²) >= 11 is 0. The first kappa shape index (κ1) is 21.8. The molecule has 1 heterocycles. The number of ether oxygens (including phenoxy) is 2. The number of hydrogen-bond acceptors (Lipinski definition) is 4. The van der Waals surface area contributed by atoms with Gasteiger partial charge >= 0.3 is 0 Å². The Morgan fingerprint density at radius 1 is 1.44 bits per heavy atom. The molecule has 0 saturated carbocycles. The Labute approximate surface area is 168 Å². The molecule has 0 amide bonds. The first-order valence-corrected chi connectivity index (χ1v) is 8.73. The van der Waals surface area contributed by atoms with Crippen LogP contribution in [0.25, 0.3) is 0 Å². The molecule has 2 rings (SSSR count). The van der Waals surface area contributed by atoms with Crippen LogP contribution < -0.4 is 20.7 Å². The molecule has 1 unspecified atom stereocenters. The number of anilines is 1. The Balaban J connectivity index is 0.00000312. The Morgan fingerprint density at radius 3 is 3.04 bits per heavy atom. The minimum absolute atomic E-state index is 0. The molecule has 1 fully saturated rings. The number of methoxy groups -OCH3 is 1. The van der Waals surface area contributed by atoms with Gasteiger partial charge in [-0.2, -0.15) is 0 Å². The minimum Gasteiger partial charge on any atom is -0.497 e. The largest absolute Gasteiger partial charge is 0.497 e. The SMILES string of the molecule is CCOCCCNC(N)=NCC1CCN(c2cccc(OC)c2)C1.I. The van der Waals surface area contributed by atoms with Crippen molar-refractivity contribution in [2.75, 3.05) is 51.4 Å². The van der Waals surface area contributed by atoms with Crippen molar-refractivity contribution in [1.29, 1.82) is 0 Å². The van der Waals surface area contributed by atoms with Gasteiger partial charge in [-0.05, 0) is 37.8 Å². The molecule has 1 atom stereocenters. The summed E-state index contributed by atoms with van der Waals surface area (Å²) in [7, 11) is 1.70. The molecule has 142 valence electrons. The third-order valence-corrected chi connectivity index (χ3v) is 4.20. The van der Waals surface area contributed by atoms with Crippen molar-refractivity contribution in [3.05, 3.63) is 24.3 Å². The second kappa shape index (κ2) is 12.2. The van der Waals surface area contributed by atoms with Crippen LogP contribution in [0.2, 0.25) is 0 Å². The van der Waals surface area contributed by atoms with Gasteiger partial charge in [0.15, 0.2) is 5.96 Å². The van der Waals surface area contributed by atoms with Crippen molar-refractivity contribution in [3.63, 3.8) is 0 Å². The third-order valence-electron chi connectivity index (χ3n) is 4.20. The van der Waals surface area contributed by atoms with E-state index in [2.05, 4.69) is 27.3 Å². The van der Waals surface area contributed by atoms with Crippen LogP contribution in [0.15, 0.2) is 29.3 Å². The second-order valence-corrected chi connectivity index (χ2v) is 6.01. The molecule has 7 heteroatoms. The highest BCUT2D eigenvalue weighted by Crippen LogP contribution is 2.26. The average molecular weight is 462 g/mol. The van der Waals surface area contributed by atoms with Crippen LogP contribution in [0.5, 0.6) is 5.75 Å². The summed E-state index contributed by atoms with van der Waals surface area (Å²) < 4.78 is 10.6. The predicted octanol–water partition coefficient (Wildman–Crippen LogP) is 2.47. The lowest BCUT2D eigenvalue weighted by Gasteiger charge is -2.19. The quantitative estimate of drug-likeness (QED) is 0.255. The molecule has 1 aromatic rings. The molecule has 0 radical (unpaired) electrons. The number of halogens is 1. The number of benzene rings is 1. The smallest absolute Gasteiger partial charge is 0.188 e. The van der Waals surface area contributed by atoms with E-state index in [-0.39, 0.29) is 24.0 Å². The Bertz CT molecular complexity index is 528. The van der Waals surface area contributed by atoms with Crippen molar-refractivity contribution < 1.29 is 9.47 Å². The maximum Gasteiger partial charge on any atom is 0.188 e. The zero-order chi connectivity index (χ0) is 17.2. The van der Waals surface area contributed by atoms with Crippen LogP contribution in [0.4, 0.5) is 5.69 Å². The first-order chi connectivity index (χ1) is 11.7. The summed E-state index contributed by atoms with van der Waals surface area (Å²) in [5.74, 6) is 1.97. The van der Waals surface area contributed by atoms with Gasteiger partial charge in [-0.25, -0.2) is 0 Å². The molecule has 0 bridgehead atoms. The molecule has 25 heavy (non-hydrogen) atoms. The van der Waals surface area contributed by atoms with Crippen LogP contribution >= 0.6 is 24.0 Å². The average Bonchev–Trinajstić information content (AvgIpc) is 3.09. The molecule has 0 spiro atoms. The van der Waals surface area contributed by atoms with Crippen LogP contribution in [-0.4, -0.2) is 52.5 Å². The fourth-order valence-electron chi connectivity index (χ4n) is 2.84. The number of hydrogen-bond donors (Lipinski definition) is 2. The van der Waals surface area contributed by atoms with E-state index in [1.165, 1.54) is 5.69 Å². The summed E-state index contributed by atoms with van der Waals surface area (Å²) in [5, 5.41) is 3.14. The van der Waals surface area contributed by atoms with E-state index < -0.39 is 0 Å². The summed E-state index contributed by atoms with van der Waals surface area (Å²) in [6, 6.07) is 8.21. The van der Waals surface area contributed by atoms with Gasteiger partial charge in [-0.15, -0.1) is 24.0 Å². The number of aliphatic imine (C=N–C) groups is 1. The Hall–Kier alpha value is -1.22.